The Morgan fingerprint density at radius 1 is 1.48 bits per heavy atom. The van der Waals surface area contributed by atoms with Crippen molar-refractivity contribution >= 4 is 10.0 Å². The first-order valence-electron chi connectivity index (χ1n) is 6.56. The Kier molecular flexibility index (Phi) is 8.08. The van der Waals surface area contributed by atoms with Crippen LogP contribution >= 0.6 is 0 Å². The lowest BCUT2D eigenvalue weighted by molar-refractivity contribution is -0.419. The highest BCUT2D eigenvalue weighted by atomic mass is 32.2. The highest BCUT2D eigenvalue weighted by molar-refractivity contribution is 7.93. The molecule has 0 spiro atoms. The van der Waals surface area contributed by atoms with Crippen LogP contribution in [0.1, 0.15) is 27.2 Å². The van der Waals surface area contributed by atoms with Gasteiger partial charge >= 0.3 is 0 Å². The first-order chi connectivity index (χ1) is 9.69. The second-order valence-corrected chi connectivity index (χ2v) is 6.68. The van der Waals surface area contributed by atoms with Gasteiger partial charge in [0.1, 0.15) is 4.91 Å². The maximum atomic E-state index is 12.6. The summed E-state index contributed by atoms with van der Waals surface area (Å²) in [5, 5.41) is 11.1. The summed E-state index contributed by atoms with van der Waals surface area (Å²) in [6, 6.07) is -0.312. The Morgan fingerprint density at radius 2 is 2.05 bits per heavy atom. The Bertz CT molecular complexity index is 536. The first kappa shape index (κ1) is 19.5. The number of hydrogen-bond donors (Lipinski definition) is 1. The van der Waals surface area contributed by atoms with Gasteiger partial charge in [-0.05, 0) is 33.7 Å². The molecule has 0 aromatic carbocycles. The van der Waals surface area contributed by atoms with E-state index in [1.807, 2.05) is 0 Å². The molecule has 7 nitrogen and oxygen atoms in total. The smallest absolute Gasteiger partial charge is 0.284 e. The lowest BCUT2D eigenvalue weighted by Crippen LogP contribution is -2.39. The summed E-state index contributed by atoms with van der Waals surface area (Å²) in [6.07, 6.45) is 4.29. The molecule has 21 heavy (non-hydrogen) atoms. The van der Waals surface area contributed by atoms with Crippen LogP contribution in [-0.4, -0.2) is 36.8 Å². The molecule has 0 aliphatic carbocycles. The largest absolute Gasteiger partial charge is 0.330 e. The van der Waals surface area contributed by atoms with Crippen LogP contribution in [-0.2, 0) is 10.0 Å². The normalized spacial score (nSPS) is 13.8. The molecule has 0 rings (SSSR count). The van der Waals surface area contributed by atoms with E-state index >= 15 is 0 Å². The Balaban J connectivity index is 5.85. The van der Waals surface area contributed by atoms with Gasteiger partial charge < -0.3 is 5.73 Å². The molecule has 0 radical (unpaired) electrons. The van der Waals surface area contributed by atoms with Crippen molar-refractivity contribution in [3.63, 3.8) is 0 Å². The minimum Gasteiger partial charge on any atom is -0.330 e. The predicted octanol–water partition coefficient (Wildman–Crippen LogP) is 1.63. The summed E-state index contributed by atoms with van der Waals surface area (Å²) in [7, 11) is -3.92. The summed E-state index contributed by atoms with van der Waals surface area (Å²) in [4.78, 5) is 10.1. The first-order valence-corrected chi connectivity index (χ1v) is 8.00. The fourth-order valence-corrected chi connectivity index (χ4v) is 3.36. The van der Waals surface area contributed by atoms with Crippen molar-refractivity contribution in [2.24, 2.45) is 5.73 Å². The minimum absolute atomic E-state index is 0.226. The molecule has 0 aromatic heterocycles. The van der Waals surface area contributed by atoms with Crippen LogP contribution in [0.5, 0.6) is 0 Å². The molecular weight excluding hydrogens is 294 g/mol. The van der Waals surface area contributed by atoms with Gasteiger partial charge in [0, 0.05) is 18.7 Å². The quantitative estimate of drug-likeness (QED) is 0.395. The van der Waals surface area contributed by atoms with Gasteiger partial charge in [-0.15, -0.1) is 0 Å². The van der Waals surface area contributed by atoms with E-state index in [9.17, 15) is 18.5 Å². The van der Waals surface area contributed by atoms with E-state index in [-0.39, 0.29) is 17.5 Å². The van der Waals surface area contributed by atoms with Crippen molar-refractivity contribution in [1.82, 2.24) is 4.31 Å². The van der Waals surface area contributed by atoms with E-state index in [1.165, 1.54) is 23.4 Å². The zero-order valence-electron chi connectivity index (χ0n) is 12.7. The topological polar surface area (TPSA) is 107 Å². The molecule has 8 heteroatoms. The molecule has 0 aromatic rings. The van der Waals surface area contributed by atoms with Crippen LogP contribution in [0.3, 0.4) is 0 Å². The highest BCUT2D eigenvalue weighted by Crippen LogP contribution is 2.21. The number of hydrogen-bond acceptors (Lipinski definition) is 5. The molecule has 2 N–H and O–H groups in total. The van der Waals surface area contributed by atoms with Gasteiger partial charge in [0.25, 0.3) is 5.70 Å². The van der Waals surface area contributed by atoms with Crippen LogP contribution in [0.4, 0.5) is 0 Å². The van der Waals surface area contributed by atoms with E-state index < -0.39 is 20.6 Å². The summed E-state index contributed by atoms with van der Waals surface area (Å²) >= 11 is 0. The molecule has 0 heterocycles. The van der Waals surface area contributed by atoms with Crippen LogP contribution in [0.25, 0.3) is 0 Å². The van der Waals surface area contributed by atoms with E-state index in [2.05, 4.69) is 6.58 Å². The number of nitrogens with zero attached hydrogens (tertiary/aromatic N) is 2. The Hall–Kier alpha value is -1.51. The lowest BCUT2D eigenvalue weighted by Gasteiger charge is -2.25. The van der Waals surface area contributed by atoms with E-state index in [1.54, 1.807) is 13.8 Å². The minimum atomic E-state index is -3.92. The Labute approximate surface area is 126 Å². The van der Waals surface area contributed by atoms with Crippen molar-refractivity contribution < 1.29 is 13.3 Å². The fourth-order valence-electron chi connectivity index (χ4n) is 1.68. The third kappa shape index (κ3) is 5.41. The molecule has 0 aliphatic rings. The second kappa shape index (κ2) is 8.71. The fraction of sp³-hybridized carbons (Fsp3) is 0.538. The maximum absolute atomic E-state index is 12.6. The molecule has 120 valence electrons. The molecule has 0 bridgehead atoms. The molecule has 0 saturated heterocycles. The average molecular weight is 317 g/mol. The van der Waals surface area contributed by atoms with E-state index in [4.69, 9.17) is 5.73 Å². The van der Waals surface area contributed by atoms with Gasteiger partial charge in [0.2, 0.25) is 10.0 Å². The van der Waals surface area contributed by atoms with Gasteiger partial charge in [-0.2, -0.15) is 4.31 Å². The van der Waals surface area contributed by atoms with E-state index in [0.29, 0.717) is 13.0 Å². The molecule has 0 unspecified atom stereocenters. The van der Waals surface area contributed by atoms with Crippen molar-refractivity contribution in [3.8, 4) is 0 Å². The van der Waals surface area contributed by atoms with Crippen LogP contribution in [0.15, 0.2) is 35.4 Å². The molecular formula is C13H23N3O4S. The zero-order chi connectivity index (χ0) is 16.6. The lowest BCUT2D eigenvalue weighted by atomic mass is 10.3. The van der Waals surface area contributed by atoms with Crippen LogP contribution in [0, 0.1) is 10.1 Å². The predicted molar refractivity (Wildman–Crippen MR) is 83.5 cm³/mol. The molecule has 0 amide bonds. The molecule has 0 saturated carbocycles. The third-order valence-electron chi connectivity index (χ3n) is 2.80. The third-order valence-corrected chi connectivity index (χ3v) is 5.01. The number of nitro groups is 1. The molecule has 0 atom stereocenters. The van der Waals surface area contributed by atoms with Gasteiger partial charge in [-0.25, -0.2) is 8.42 Å². The van der Waals surface area contributed by atoms with Gasteiger partial charge in [0.05, 0.1) is 4.92 Å². The second-order valence-electron chi connectivity index (χ2n) is 4.65. The van der Waals surface area contributed by atoms with Gasteiger partial charge in [-0.3, -0.25) is 10.1 Å². The average Bonchev–Trinajstić information content (AvgIpc) is 2.38. The van der Waals surface area contributed by atoms with Crippen LogP contribution in [0.2, 0.25) is 0 Å². The van der Waals surface area contributed by atoms with Crippen LogP contribution < -0.4 is 5.73 Å². The number of sulfonamides is 1. The SMILES string of the molecule is C=C/C=C\C(=C(/C)S(=O)(=O)N(CCCN)C(C)C)[N+](=O)[O-]. The monoisotopic (exact) mass is 317 g/mol. The van der Waals surface area contributed by atoms with Crippen molar-refractivity contribution in [2.45, 2.75) is 33.2 Å². The van der Waals surface area contributed by atoms with Crippen molar-refractivity contribution in [3.05, 3.63) is 45.5 Å². The Morgan fingerprint density at radius 3 is 2.43 bits per heavy atom. The summed E-state index contributed by atoms with van der Waals surface area (Å²) < 4.78 is 26.3. The highest BCUT2D eigenvalue weighted by Gasteiger charge is 2.31. The van der Waals surface area contributed by atoms with Crippen molar-refractivity contribution in [1.29, 1.82) is 0 Å². The maximum Gasteiger partial charge on any atom is 0.284 e. The van der Waals surface area contributed by atoms with Crippen molar-refractivity contribution in [2.75, 3.05) is 13.1 Å². The number of rotatable bonds is 9. The van der Waals surface area contributed by atoms with Gasteiger partial charge in [-0.1, -0.05) is 18.7 Å². The standard InChI is InChI=1S/C13H23N3O4S/c1-5-6-8-13(16(17)18)12(4)21(19,20)15(11(2)3)10-7-9-14/h5-6,8,11H,1,7,9-10,14H2,2-4H3/b8-6-,13-12-. The summed E-state index contributed by atoms with van der Waals surface area (Å²) in [6.45, 7) is 8.65. The number of allylic oxidation sites excluding steroid dienone is 4. The molecule has 0 aliphatic heterocycles. The molecule has 0 fully saturated rings. The van der Waals surface area contributed by atoms with E-state index in [0.717, 1.165) is 6.08 Å². The summed E-state index contributed by atoms with van der Waals surface area (Å²) in [5.41, 5.74) is 4.94. The zero-order valence-corrected chi connectivity index (χ0v) is 13.5. The summed E-state index contributed by atoms with van der Waals surface area (Å²) in [5.74, 6) is 0. The van der Waals surface area contributed by atoms with Gasteiger partial charge in [0.15, 0.2) is 0 Å². The number of nitrogens with two attached hydrogens (primary N) is 1.